The number of hydrogen-bond acceptors (Lipinski definition) is 2. The number of fused-ring (bicyclic) bond motifs is 2. The molecule has 3 heteroatoms. The monoisotopic (exact) mass is 314 g/mol. The van der Waals surface area contributed by atoms with Crippen molar-refractivity contribution in [2.75, 3.05) is 0 Å². The molecule has 0 bridgehead atoms. The molecule has 0 aliphatic heterocycles. The van der Waals surface area contributed by atoms with Gasteiger partial charge in [0.15, 0.2) is 5.52 Å². The Bertz CT molecular complexity index is 1100. The Morgan fingerprint density at radius 1 is 0.833 bits per heavy atom. The van der Waals surface area contributed by atoms with Gasteiger partial charge in [-0.15, -0.1) is 4.68 Å². The third-order valence-corrected chi connectivity index (χ3v) is 4.69. The summed E-state index contributed by atoms with van der Waals surface area (Å²) in [6, 6.07) is 17.0. The molecule has 0 fully saturated rings. The number of aromatic nitrogens is 3. The number of aryl methyl sites for hydroxylation is 3. The third-order valence-electron chi connectivity index (χ3n) is 4.69. The topological polar surface area (TPSA) is 29.7 Å². The molecule has 4 aromatic rings. The zero-order valence-corrected chi connectivity index (χ0v) is 14.5. The molecule has 0 radical (unpaired) electrons. The van der Waals surface area contributed by atoms with Crippen LogP contribution in [-0.4, -0.2) is 10.1 Å². The van der Waals surface area contributed by atoms with Crippen molar-refractivity contribution in [2.45, 2.75) is 20.8 Å². The molecular weight excluding hydrogens is 294 g/mol. The Morgan fingerprint density at radius 3 is 2.21 bits per heavy atom. The molecule has 0 atom stereocenters. The van der Waals surface area contributed by atoms with E-state index in [0.717, 1.165) is 22.4 Å². The molecule has 0 N–H and O–H groups in total. The van der Waals surface area contributed by atoms with Gasteiger partial charge in [0, 0.05) is 0 Å². The van der Waals surface area contributed by atoms with Crippen LogP contribution in [0.2, 0.25) is 0 Å². The third kappa shape index (κ3) is 2.33. The highest BCUT2D eigenvalue weighted by Crippen LogP contribution is 2.25. The molecule has 1 aromatic heterocycles. The van der Waals surface area contributed by atoms with Gasteiger partial charge < -0.3 is 0 Å². The van der Waals surface area contributed by atoms with Crippen molar-refractivity contribution < 1.29 is 4.68 Å². The van der Waals surface area contributed by atoms with Crippen LogP contribution in [0.3, 0.4) is 0 Å². The molecule has 0 aliphatic carbocycles. The lowest BCUT2D eigenvalue weighted by atomic mass is 9.99. The second-order valence-electron chi connectivity index (χ2n) is 6.50. The number of hydrogen-bond donors (Lipinski definition) is 0. The minimum Gasteiger partial charge on any atom is -0.133 e. The van der Waals surface area contributed by atoms with Crippen LogP contribution >= 0.6 is 0 Å². The van der Waals surface area contributed by atoms with Crippen LogP contribution in [-0.2, 0) is 7.05 Å². The van der Waals surface area contributed by atoms with Crippen LogP contribution in [0.4, 0.5) is 0 Å². The first-order chi connectivity index (χ1) is 11.5. The van der Waals surface area contributed by atoms with E-state index in [0.29, 0.717) is 0 Å². The summed E-state index contributed by atoms with van der Waals surface area (Å²) in [5.41, 5.74) is 6.78. The number of rotatable bonds is 1. The predicted molar refractivity (Wildman–Crippen MR) is 97.9 cm³/mol. The molecule has 24 heavy (non-hydrogen) atoms. The minimum absolute atomic E-state index is 0.905. The fourth-order valence-electron chi connectivity index (χ4n) is 3.29. The molecule has 0 saturated carbocycles. The number of nitrogens with zero attached hydrogens (tertiary/aromatic N) is 3. The van der Waals surface area contributed by atoms with Crippen LogP contribution in [0.1, 0.15) is 16.7 Å². The summed E-state index contributed by atoms with van der Waals surface area (Å²) in [4.78, 5) is 4.94. The van der Waals surface area contributed by atoms with E-state index < -0.39 is 0 Å². The molecule has 3 aromatic carbocycles. The quantitative estimate of drug-likeness (QED) is 0.389. The van der Waals surface area contributed by atoms with Gasteiger partial charge in [-0.3, -0.25) is 0 Å². The summed E-state index contributed by atoms with van der Waals surface area (Å²) in [7, 11) is 1.97. The lowest BCUT2D eigenvalue weighted by Gasteiger charge is -2.08. The van der Waals surface area contributed by atoms with Crippen molar-refractivity contribution in [3.8, 4) is 11.4 Å². The second-order valence-corrected chi connectivity index (χ2v) is 6.50. The summed E-state index contributed by atoms with van der Waals surface area (Å²) in [5, 5.41) is 7.14. The van der Waals surface area contributed by atoms with Gasteiger partial charge in [-0.25, -0.2) is 0 Å². The SMILES string of the molecule is Cc1cc(C)c(C)c(-c2nc3cc4ccccc4cc3n[n+]2C)c1. The molecule has 0 unspecified atom stereocenters. The minimum atomic E-state index is 0.905. The average molecular weight is 314 g/mol. The molecule has 4 rings (SSSR count). The normalized spacial score (nSPS) is 11.3. The van der Waals surface area contributed by atoms with Gasteiger partial charge in [-0.2, -0.15) is 0 Å². The molecule has 0 aliphatic rings. The maximum atomic E-state index is 4.94. The summed E-state index contributed by atoms with van der Waals surface area (Å²) in [6.07, 6.45) is 0. The van der Waals surface area contributed by atoms with Crippen molar-refractivity contribution in [3.63, 3.8) is 0 Å². The number of benzene rings is 3. The van der Waals surface area contributed by atoms with E-state index in [1.165, 1.54) is 27.5 Å². The smallest absolute Gasteiger partial charge is 0.133 e. The summed E-state index contributed by atoms with van der Waals surface area (Å²) < 4.78 is 1.89. The molecule has 0 saturated heterocycles. The maximum absolute atomic E-state index is 4.94. The molecule has 0 amide bonds. The zero-order valence-electron chi connectivity index (χ0n) is 14.5. The summed E-state index contributed by atoms with van der Waals surface area (Å²) in [5.74, 6) is 0.905. The predicted octanol–water partition coefficient (Wildman–Crippen LogP) is 4.20. The van der Waals surface area contributed by atoms with Gasteiger partial charge in [-0.1, -0.05) is 35.4 Å². The van der Waals surface area contributed by atoms with Gasteiger partial charge >= 0.3 is 5.82 Å². The Labute approximate surface area is 141 Å². The van der Waals surface area contributed by atoms with Crippen molar-refractivity contribution in [1.29, 1.82) is 0 Å². The van der Waals surface area contributed by atoms with Crippen LogP contribution in [0.5, 0.6) is 0 Å². The maximum Gasteiger partial charge on any atom is 0.351 e. The Morgan fingerprint density at radius 2 is 1.50 bits per heavy atom. The van der Waals surface area contributed by atoms with Crippen molar-refractivity contribution in [2.24, 2.45) is 7.05 Å². The van der Waals surface area contributed by atoms with E-state index >= 15 is 0 Å². The summed E-state index contributed by atoms with van der Waals surface area (Å²) >= 11 is 0. The molecular formula is C21H20N3+. The van der Waals surface area contributed by atoms with Gasteiger partial charge in [0.05, 0.1) is 5.56 Å². The Kier molecular flexibility index (Phi) is 3.31. The lowest BCUT2D eigenvalue weighted by Crippen LogP contribution is -2.37. The van der Waals surface area contributed by atoms with Gasteiger partial charge in [0.2, 0.25) is 5.52 Å². The first kappa shape index (κ1) is 14.8. The van der Waals surface area contributed by atoms with E-state index in [4.69, 9.17) is 10.1 Å². The van der Waals surface area contributed by atoms with E-state index in [2.05, 4.69) is 69.3 Å². The standard InChI is InChI=1S/C21H20N3/c1-13-9-14(2)15(3)18(10-13)21-22-19-11-16-7-5-6-8-17(16)12-20(19)23-24(21)4/h5-12H,1-4H3/q+1. The van der Waals surface area contributed by atoms with Crippen LogP contribution in [0, 0.1) is 20.8 Å². The molecule has 118 valence electrons. The van der Waals surface area contributed by atoms with Crippen molar-refractivity contribution >= 4 is 21.8 Å². The lowest BCUT2D eigenvalue weighted by molar-refractivity contribution is -0.720. The first-order valence-electron chi connectivity index (χ1n) is 8.18. The van der Waals surface area contributed by atoms with E-state index in [-0.39, 0.29) is 0 Å². The van der Waals surface area contributed by atoms with Gasteiger partial charge in [0.1, 0.15) is 7.05 Å². The second kappa shape index (κ2) is 5.38. The van der Waals surface area contributed by atoms with Crippen molar-refractivity contribution in [1.82, 2.24) is 10.1 Å². The van der Waals surface area contributed by atoms with E-state index in [1.54, 1.807) is 0 Å². The van der Waals surface area contributed by atoms with Crippen LogP contribution < -0.4 is 4.68 Å². The first-order valence-corrected chi connectivity index (χ1v) is 8.18. The molecule has 3 nitrogen and oxygen atoms in total. The Hall–Kier alpha value is -2.81. The highest BCUT2D eigenvalue weighted by molar-refractivity contribution is 5.94. The van der Waals surface area contributed by atoms with Gasteiger partial charge in [0.25, 0.3) is 0 Å². The molecule has 0 spiro atoms. The van der Waals surface area contributed by atoms with Gasteiger partial charge in [-0.05, 0) is 71.4 Å². The van der Waals surface area contributed by atoms with Crippen molar-refractivity contribution in [3.05, 3.63) is 65.2 Å². The fraction of sp³-hybridized carbons (Fsp3) is 0.190. The summed E-state index contributed by atoms with van der Waals surface area (Å²) in [6.45, 7) is 6.42. The molecule has 1 heterocycles. The average Bonchev–Trinajstić information content (AvgIpc) is 2.56. The fourth-order valence-corrected chi connectivity index (χ4v) is 3.29. The largest absolute Gasteiger partial charge is 0.351 e. The van der Waals surface area contributed by atoms with Crippen LogP contribution in [0.25, 0.3) is 33.2 Å². The van der Waals surface area contributed by atoms with E-state index in [9.17, 15) is 0 Å². The van der Waals surface area contributed by atoms with Crippen LogP contribution in [0.15, 0.2) is 48.5 Å². The Balaban J connectivity index is 2.03. The highest BCUT2D eigenvalue weighted by atomic mass is 15.3. The highest BCUT2D eigenvalue weighted by Gasteiger charge is 2.20. The zero-order chi connectivity index (χ0) is 16.8. The van der Waals surface area contributed by atoms with E-state index in [1.807, 2.05) is 11.7 Å².